The summed E-state index contributed by atoms with van der Waals surface area (Å²) in [5.74, 6) is 1.40. The summed E-state index contributed by atoms with van der Waals surface area (Å²) in [5, 5.41) is 13.5. The van der Waals surface area contributed by atoms with Crippen LogP contribution in [-0.2, 0) is 20.1 Å². The summed E-state index contributed by atoms with van der Waals surface area (Å²) in [7, 11) is 5.57. The zero-order valence-electron chi connectivity index (χ0n) is 14.8. The average molecular weight is 330 g/mol. The van der Waals surface area contributed by atoms with Crippen LogP contribution in [0.2, 0.25) is 0 Å². The van der Waals surface area contributed by atoms with Gasteiger partial charge in [0.05, 0.1) is 20.2 Å². The molecule has 0 radical (unpaired) electrons. The molecule has 2 rings (SSSR count). The lowest BCUT2D eigenvalue weighted by Gasteiger charge is -2.22. The van der Waals surface area contributed by atoms with Crippen molar-refractivity contribution < 1.29 is 9.84 Å². The van der Waals surface area contributed by atoms with Crippen molar-refractivity contribution in [3.63, 3.8) is 0 Å². The second-order valence-corrected chi connectivity index (χ2v) is 5.60. The predicted octanol–water partition coefficient (Wildman–Crippen LogP) is 2.34. The van der Waals surface area contributed by atoms with Gasteiger partial charge < -0.3 is 24.6 Å². The van der Waals surface area contributed by atoms with Crippen molar-refractivity contribution >= 4 is 5.96 Å². The monoisotopic (exact) mass is 330 g/mol. The van der Waals surface area contributed by atoms with Crippen LogP contribution in [0.4, 0.5) is 0 Å². The van der Waals surface area contributed by atoms with Crippen LogP contribution in [0.1, 0.15) is 18.2 Å². The van der Waals surface area contributed by atoms with E-state index in [1.54, 1.807) is 13.2 Å². The molecule has 0 saturated heterocycles. The molecule has 0 saturated carbocycles. The minimum absolute atomic E-state index is 0.143. The molecule has 0 bridgehead atoms. The fourth-order valence-electron chi connectivity index (χ4n) is 2.47. The highest BCUT2D eigenvalue weighted by Crippen LogP contribution is 2.29. The minimum Gasteiger partial charge on any atom is -0.504 e. The summed E-state index contributed by atoms with van der Waals surface area (Å²) < 4.78 is 7.23. The van der Waals surface area contributed by atoms with E-state index < -0.39 is 0 Å². The van der Waals surface area contributed by atoms with Crippen LogP contribution < -0.4 is 10.1 Å². The molecule has 0 aliphatic carbocycles. The van der Waals surface area contributed by atoms with Crippen molar-refractivity contribution in [3.8, 4) is 11.5 Å². The highest BCUT2D eigenvalue weighted by atomic mass is 16.5. The third-order valence-corrected chi connectivity index (χ3v) is 3.85. The number of rotatable bonds is 6. The molecule has 0 unspecified atom stereocenters. The third kappa shape index (κ3) is 4.22. The molecule has 2 N–H and O–H groups in total. The van der Waals surface area contributed by atoms with E-state index in [1.165, 1.54) is 5.69 Å². The second kappa shape index (κ2) is 8.29. The molecule has 6 heteroatoms. The number of phenols is 1. The largest absolute Gasteiger partial charge is 0.504 e. The maximum Gasteiger partial charge on any atom is 0.194 e. The van der Waals surface area contributed by atoms with E-state index in [9.17, 15) is 5.11 Å². The lowest BCUT2D eigenvalue weighted by atomic mass is 10.2. The summed E-state index contributed by atoms with van der Waals surface area (Å²) in [5.41, 5.74) is 1.93. The van der Waals surface area contributed by atoms with Gasteiger partial charge in [-0.25, -0.2) is 4.99 Å². The summed E-state index contributed by atoms with van der Waals surface area (Å²) in [6.07, 6.45) is 2.03. The number of guanidine groups is 1. The van der Waals surface area contributed by atoms with Gasteiger partial charge in [-0.05, 0) is 25.1 Å². The van der Waals surface area contributed by atoms with Crippen molar-refractivity contribution in [2.75, 3.05) is 20.7 Å². The first-order chi connectivity index (χ1) is 11.6. The van der Waals surface area contributed by atoms with Crippen LogP contribution in [0.5, 0.6) is 11.5 Å². The smallest absolute Gasteiger partial charge is 0.194 e. The highest BCUT2D eigenvalue weighted by Gasteiger charge is 2.10. The van der Waals surface area contributed by atoms with Crippen LogP contribution in [0, 0.1) is 0 Å². The topological polar surface area (TPSA) is 62.0 Å². The van der Waals surface area contributed by atoms with E-state index in [0.717, 1.165) is 24.6 Å². The SMILES string of the molecule is CCNC(=NCc1cccc(OC)c1O)N(C)Cc1cccn1C. The second-order valence-electron chi connectivity index (χ2n) is 5.60. The molecule has 1 heterocycles. The molecule has 0 amide bonds. The number of aromatic hydroxyl groups is 1. The molecule has 0 spiro atoms. The van der Waals surface area contributed by atoms with E-state index in [2.05, 4.69) is 25.8 Å². The van der Waals surface area contributed by atoms with Crippen molar-refractivity contribution in [3.05, 3.63) is 47.8 Å². The maximum absolute atomic E-state index is 10.2. The molecule has 0 aliphatic heterocycles. The number of aromatic nitrogens is 1. The molecule has 0 atom stereocenters. The summed E-state index contributed by atoms with van der Waals surface area (Å²) in [6.45, 7) is 3.94. The zero-order valence-corrected chi connectivity index (χ0v) is 14.8. The number of ether oxygens (including phenoxy) is 1. The van der Waals surface area contributed by atoms with Gasteiger partial charge in [0, 0.05) is 38.1 Å². The summed E-state index contributed by atoms with van der Waals surface area (Å²) >= 11 is 0. The van der Waals surface area contributed by atoms with Crippen LogP contribution in [0.15, 0.2) is 41.5 Å². The number of nitrogens with zero attached hydrogens (tertiary/aromatic N) is 3. The van der Waals surface area contributed by atoms with Gasteiger partial charge in [0.25, 0.3) is 0 Å². The highest BCUT2D eigenvalue weighted by molar-refractivity contribution is 5.79. The number of phenolic OH excluding ortho intramolecular Hbond substituents is 1. The average Bonchev–Trinajstić information content (AvgIpc) is 2.97. The van der Waals surface area contributed by atoms with E-state index in [4.69, 9.17) is 4.74 Å². The summed E-state index contributed by atoms with van der Waals surface area (Å²) in [4.78, 5) is 6.70. The van der Waals surface area contributed by atoms with Crippen molar-refractivity contribution in [2.24, 2.45) is 12.0 Å². The Balaban J connectivity index is 2.14. The summed E-state index contributed by atoms with van der Waals surface area (Å²) in [6, 6.07) is 9.55. The molecule has 0 fully saturated rings. The van der Waals surface area contributed by atoms with Crippen LogP contribution in [0.3, 0.4) is 0 Å². The number of nitrogens with one attached hydrogen (secondary N) is 1. The molecule has 6 nitrogen and oxygen atoms in total. The van der Waals surface area contributed by atoms with Gasteiger partial charge in [-0.3, -0.25) is 0 Å². The fourth-order valence-corrected chi connectivity index (χ4v) is 2.47. The maximum atomic E-state index is 10.2. The quantitative estimate of drug-likeness (QED) is 0.630. The van der Waals surface area contributed by atoms with E-state index in [1.807, 2.05) is 45.4 Å². The normalized spacial score (nSPS) is 11.4. The predicted molar refractivity (Wildman–Crippen MR) is 96.4 cm³/mol. The van der Waals surface area contributed by atoms with Crippen LogP contribution >= 0.6 is 0 Å². The van der Waals surface area contributed by atoms with Gasteiger partial charge >= 0.3 is 0 Å². The Bertz CT molecular complexity index is 694. The van der Waals surface area contributed by atoms with Crippen molar-refractivity contribution in [1.82, 2.24) is 14.8 Å². The van der Waals surface area contributed by atoms with Gasteiger partial charge in [-0.2, -0.15) is 0 Å². The molecule has 1 aromatic heterocycles. The van der Waals surface area contributed by atoms with E-state index in [-0.39, 0.29) is 5.75 Å². The Hall–Kier alpha value is -2.63. The number of para-hydroxylation sites is 1. The van der Waals surface area contributed by atoms with Crippen LogP contribution in [0.25, 0.3) is 0 Å². The van der Waals surface area contributed by atoms with Crippen molar-refractivity contribution in [2.45, 2.75) is 20.0 Å². The van der Waals surface area contributed by atoms with E-state index in [0.29, 0.717) is 12.3 Å². The Morgan fingerprint density at radius 2 is 2.12 bits per heavy atom. The Kier molecular flexibility index (Phi) is 6.12. The first-order valence-electron chi connectivity index (χ1n) is 8.01. The minimum atomic E-state index is 0.143. The number of hydrogen-bond acceptors (Lipinski definition) is 3. The number of benzene rings is 1. The molecule has 2 aromatic rings. The molecule has 130 valence electrons. The van der Waals surface area contributed by atoms with Gasteiger partial charge in [-0.1, -0.05) is 12.1 Å². The van der Waals surface area contributed by atoms with Gasteiger partial charge in [0.15, 0.2) is 17.5 Å². The Labute approximate surface area is 143 Å². The first kappa shape index (κ1) is 17.7. The lowest BCUT2D eigenvalue weighted by Crippen LogP contribution is -2.38. The van der Waals surface area contributed by atoms with E-state index >= 15 is 0 Å². The van der Waals surface area contributed by atoms with Gasteiger partial charge in [0.1, 0.15) is 0 Å². The standard InChI is InChI=1S/C18H26N4O2/c1-5-19-18(22(3)13-15-9-7-11-21(15)2)20-12-14-8-6-10-16(24-4)17(14)23/h6-11,23H,5,12-13H2,1-4H3,(H,19,20). The molecule has 24 heavy (non-hydrogen) atoms. The number of hydrogen-bond donors (Lipinski definition) is 2. The Morgan fingerprint density at radius 1 is 1.33 bits per heavy atom. The molecular weight excluding hydrogens is 304 g/mol. The number of aliphatic imine (C=N–C) groups is 1. The Morgan fingerprint density at radius 3 is 2.75 bits per heavy atom. The number of methoxy groups -OCH3 is 1. The molecule has 0 aliphatic rings. The third-order valence-electron chi connectivity index (χ3n) is 3.85. The van der Waals surface area contributed by atoms with Gasteiger partial charge in [-0.15, -0.1) is 0 Å². The molecular formula is C18H26N4O2. The zero-order chi connectivity index (χ0) is 17.5. The van der Waals surface area contributed by atoms with Gasteiger partial charge in [0.2, 0.25) is 0 Å². The fraction of sp³-hybridized carbons (Fsp3) is 0.389. The first-order valence-corrected chi connectivity index (χ1v) is 8.01. The van der Waals surface area contributed by atoms with Crippen LogP contribution in [-0.4, -0.2) is 41.2 Å². The number of aryl methyl sites for hydroxylation is 1. The molecule has 1 aromatic carbocycles. The van der Waals surface area contributed by atoms with Crippen molar-refractivity contribution in [1.29, 1.82) is 0 Å². The lowest BCUT2D eigenvalue weighted by molar-refractivity contribution is 0.370.